The van der Waals surface area contributed by atoms with Crippen molar-refractivity contribution in [1.82, 2.24) is 29.8 Å². The molecule has 2 aromatic rings. The number of tetrazole rings is 1. The van der Waals surface area contributed by atoms with Crippen molar-refractivity contribution >= 4 is 0 Å². The van der Waals surface area contributed by atoms with Gasteiger partial charge in [0, 0.05) is 11.8 Å². The summed E-state index contributed by atoms with van der Waals surface area (Å²) in [4.78, 5) is 25.8. The Morgan fingerprint density at radius 2 is 2.27 bits per heavy atom. The van der Waals surface area contributed by atoms with Gasteiger partial charge in [-0.3, -0.25) is 14.3 Å². The molecular weight excluding hydrogens is 292 g/mol. The molecule has 0 radical (unpaired) electrons. The van der Waals surface area contributed by atoms with Crippen LogP contribution in [0.25, 0.3) is 0 Å². The van der Waals surface area contributed by atoms with Crippen LogP contribution in [-0.2, 0) is 10.3 Å². The molecular formula is C12H14N6O4. The van der Waals surface area contributed by atoms with Gasteiger partial charge >= 0.3 is 5.69 Å². The highest BCUT2D eigenvalue weighted by molar-refractivity contribution is 5.20. The topological polar surface area (TPSA) is 128 Å². The average Bonchev–Trinajstić information content (AvgIpc) is 3.12. The maximum Gasteiger partial charge on any atom is 0.330 e. The van der Waals surface area contributed by atoms with E-state index in [0.29, 0.717) is 17.8 Å². The second-order valence-electron chi connectivity index (χ2n) is 5.61. The summed E-state index contributed by atoms with van der Waals surface area (Å²) in [5.74, 6) is 0.456. The number of rotatable bonds is 2. The minimum absolute atomic E-state index is 0.378. The Hall–Kier alpha value is -2.33. The maximum absolute atomic E-state index is 12.1. The Morgan fingerprint density at radius 1 is 1.50 bits per heavy atom. The van der Waals surface area contributed by atoms with Crippen LogP contribution in [0, 0.1) is 6.92 Å². The first-order chi connectivity index (χ1) is 10.5. The van der Waals surface area contributed by atoms with Crippen LogP contribution in [0.3, 0.4) is 0 Å². The number of aryl methyl sites for hydroxylation is 1. The highest BCUT2D eigenvalue weighted by Crippen LogP contribution is 2.55. The molecule has 1 fully saturated rings. The lowest BCUT2D eigenvalue weighted by atomic mass is 9.95. The molecule has 4 rings (SSSR count). The van der Waals surface area contributed by atoms with Crippen molar-refractivity contribution in [3.8, 4) is 0 Å². The molecule has 0 spiro atoms. The van der Waals surface area contributed by atoms with Gasteiger partial charge in [-0.25, -0.2) is 9.48 Å². The fraction of sp³-hybridized carbons (Fsp3) is 0.583. The number of nitrogens with zero attached hydrogens (tertiary/aromatic N) is 5. The number of ether oxygens (including phenoxy) is 1. The first-order valence-electron chi connectivity index (χ1n) is 6.96. The normalized spacial score (nSPS) is 32.4. The number of aromatic amines is 1. The summed E-state index contributed by atoms with van der Waals surface area (Å²) in [6, 6.07) is -0.618. The first-order valence-corrected chi connectivity index (χ1v) is 6.96. The zero-order valence-electron chi connectivity index (χ0n) is 11.9. The van der Waals surface area contributed by atoms with E-state index in [-0.39, 0.29) is 0 Å². The van der Waals surface area contributed by atoms with Gasteiger partial charge in [0.2, 0.25) is 0 Å². The van der Waals surface area contributed by atoms with E-state index in [1.54, 1.807) is 6.92 Å². The smallest absolute Gasteiger partial charge is 0.330 e. The highest BCUT2D eigenvalue weighted by Gasteiger charge is 2.65. The number of H-pyrrole nitrogens is 1. The Balaban J connectivity index is 1.90. The maximum atomic E-state index is 12.1. The van der Waals surface area contributed by atoms with Gasteiger partial charge in [0.1, 0.15) is 12.1 Å². The van der Waals surface area contributed by atoms with Crippen molar-refractivity contribution in [1.29, 1.82) is 0 Å². The van der Waals surface area contributed by atoms with Gasteiger partial charge in [-0.2, -0.15) is 0 Å². The number of fused-ring (bicyclic) bond motifs is 5. The predicted molar refractivity (Wildman–Crippen MR) is 71.0 cm³/mol. The molecule has 0 aliphatic carbocycles. The summed E-state index contributed by atoms with van der Waals surface area (Å²) >= 11 is 0. The van der Waals surface area contributed by atoms with Crippen LogP contribution in [0.1, 0.15) is 37.0 Å². The largest absolute Gasteiger partial charge is 0.387 e. The standard InChI is InChI=1S/C12H14N6O4/c1-3-12-7(19)6(18-10(12)14-15-16-18)9(22-12)17-4-5(2)8(20)13-11(17)21/h4,6-7,9,19H,3H2,1-2H3,(H,13,20,21)/t6-,7?,9+,12-/m0/s1. The van der Waals surface area contributed by atoms with E-state index in [1.165, 1.54) is 15.4 Å². The van der Waals surface area contributed by atoms with Crippen molar-refractivity contribution in [2.45, 2.75) is 44.2 Å². The van der Waals surface area contributed by atoms with Crippen molar-refractivity contribution in [3.05, 3.63) is 38.4 Å². The van der Waals surface area contributed by atoms with E-state index in [9.17, 15) is 14.7 Å². The second kappa shape index (κ2) is 4.11. The van der Waals surface area contributed by atoms with E-state index in [1.807, 2.05) is 6.92 Å². The van der Waals surface area contributed by atoms with E-state index in [4.69, 9.17) is 4.74 Å². The van der Waals surface area contributed by atoms with Crippen LogP contribution in [0.4, 0.5) is 0 Å². The Labute approximate surface area is 123 Å². The quantitative estimate of drug-likeness (QED) is 0.697. The molecule has 22 heavy (non-hydrogen) atoms. The van der Waals surface area contributed by atoms with Crippen LogP contribution in [0.15, 0.2) is 15.8 Å². The van der Waals surface area contributed by atoms with Gasteiger partial charge < -0.3 is 9.84 Å². The number of hydrogen-bond acceptors (Lipinski definition) is 7. The minimum Gasteiger partial charge on any atom is -0.387 e. The molecule has 10 heteroatoms. The third-order valence-corrected chi connectivity index (χ3v) is 4.52. The third kappa shape index (κ3) is 1.38. The molecule has 0 saturated carbocycles. The van der Waals surface area contributed by atoms with Gasteiger partial charge in [-0.05, 0) is 23.8 Å². The lowest BCUT2D eigenvalue weighted by Gasteiger charge is -2.29. The Morgan fingerprint density at radius 3 is 3.00 bits per heavy atom. The number of aliphatic hydroxyl groups excluding tert-OH is 1. The fourth-order valence-electron chi connectivity index (χ4n) is 3.35. The van der Waals surface area contributed by atoms with Crippen LogP contribution < -0.4 is 11.2 Å². The second-order valence-corrected chi connectivity index (χ2v) is 5.61. The highest BCUT2D eigenvalue weighted by atomic mass is 16.6. The number of aliphatic hydroxyl groups is 1. The van der Waals surface area contributed by atoms with Crippen molar-refractivity contribution in [2.24, 2.45) is 0 Å². The first kappa shape index (κ1) is 13.3. The number of hydrogen-bond donors (Lipinski definition) is 2. The summed E-state index contributed by atoms with van der Waals surface area (Å²) in [5, 5.41) is 22.0. The number of nitrogens with one attached hydrogen (secondary N) is 1. The molecule has 1 saturated heterocycles. The molecule has 10 nitrogen and oxygen atoms in total. The molecule has 2 aliphatic heterocycles. The summed E-state index contributed by atoms with van der Waals surface area (Å²) in [6.07, 6.45) is 0.208. The van der Waals surface area contributed by atoms with E-state index < -0.39 is 35.2 Å². The molecule has 2 N–H and O–H groups in total. The van der Waals surface area contributed by atoms with Crippen LogP contribution in [-0.4, -0.2) is 41.0 Å². The number of aromatic nitrogens is 6. The van der Waals surface area contributed by atoms with Gasteiger partial charge in [0.05, 0.1) is 0 Å². The van der Waals surface area contributed by atoms with Crippen molar-refractivity contribution < 1.29 is 9.84 Å². The average molecular weight is 306 g/mol. The zero-order chi connectivity index (χ0) is 15.6. The lowest BCUT2D eigenvalue weighted by Crippen LogP contribution is -2.39. The molecule has 4 atom stereocenters. The molecule has 1 unspecified atom stereocenters. The van der Waals surface area contributed by atoms with Crippen molar-refractivity contribution in [2.75, 3.05) is 0 Å². The summed E-state index contributed by atoms with van der Waals surface area (Å²) in [6.45, 7) is 3.45. The van der Waals surface area contributed by atoms with E-state index >= 15 is 0 Å². The van der Waals surface area contributed by atoms with Crippen LogP contribution in [0.2, 0.25) is 0 Å². The van der Waals surface area contributed by atoms with Gasteiger partial charge in [0.15, 0.2) is 17.7 Å². The molecule has 2 bridgehead atoms. The van der Waals surface area contributed by atoms with Gasteiger partial charge in [0.25, 0.3) is 5.56 Å². The Kier molecular flexibility index (Phi) is 2.49. The monoisotopic (exact) mass is 306 g/mol. The van der Waals surface area contributed by atoms with Gasteiger partial charge in [-0.1, -0.05) is 6.92 Å². The molecule has 2 aliphatic rings. The fourth-order valence-corrected chi connectivity index (χ4v) is 3.35. The van der Waals surface area contributed by atoms with Gasteiger partial charge in [-0.15, -0.1) is 5.10 Å². The summed E-state index contributed by atoms with van der Waals surface area (Å²) in [7, 11) is 0. The Bertz CT molecular complexity index is 869. The van der Waals surface area contributed by atoms with E-state index in [2.05, 4.69) is 20.5 Å². The SMILES string of the molecule is CC[C@]12O[C@@H](n3cc(C)c(=O)[nH]c3=O)[C@H](C1O)n1nnnc12. The molecule has 0 aromatic carbocycles. The molecule has 116 valence electrons. The predicted octanol–water partition coefficient (Wildman–Crippen LogP) is -1.42. The summed E-state index contributed by atoms with van der Waals surface area (Å²) in [5.41, 5.74) is -1.70. The van der Waals surface area contributed by atoms with E-state index in [0.717, 1.165) is 0 Å². The summed E-state index contributed by atoms with van der Waals surface area (Å²) < 4.78 is 8.75. The lowest BCUT2D eigenvalue weighted by molar-refractivity contribution is -0.125. The van der Waals surface area contributed by atoms with Crippen LogP contribution in [0.5, 0.6) is 0 Å². The molecule has 2 aromatic heterocycles. The van der Waals surface area contributed by atoms with Crippen molar-refractivity contribution in [3.63, 3.8) is 0 Å². The van der Waals surface area contributed by atoms with Crippen LogP contribution >= 0.6 is 0 Å². The minimum atomic E-state index is -1.04. The molecule has 4 heterocycles. The zero-order valence-corrected chi connectivity index (χ0v) is 11.9. The third-order valence-electron chi connectivity index (χ3n) is 4.52. The molecule has 0 amide bonds.